The van der Waals surface area contributed by atoms with E-state index in [2.05, 4.69) is 60.8 Å². The van der Waals surface area contributed by atoms with E-state index >= 15 is 0 Å². The molecule has 0 saturated carbocycles. The fraction of sp³-hybridized carbons (Fsp3) is 0.350. The summed E-state index contributed by atoms with van der Waals surface area (Å²) in [4.78, 5) is 11.5. The third kappa shape index (κ3) is 5.13. The van der Waals surface area contributed by atoms with Crippen LogP contribution in [0.2, 0.25) is 0 Å². The van der Waals surface area contributed by atoms with Crippen molar-refractivity contribution in [2.24, 2.45) is 0 Å². The molecule has 1 amide bonds. The maximum absolute atomic E-state index is 11.5. The predicted octanol–water partition coefficient (Wildman–Crippen LogP) is 5.08. The molecule has 0 atom stereocenters. The van der Waals surface area contributed by atoms with Crippen LogP contribution in [-0.4, -0.2) is 18.2 Å². The van der Waals surface area contributed by atoms with Gasteiger partial charge in [0.2, 0.25) is 0 Å². The molecule has 2 aromatic rings. The normalized spacial score (nSPS) is 11.8. The van der Waals surface area contributed by atoms with Crippen molar-refractivity contribution in [3.63, 3.8) is 0 Å². The number of benzene rings is 2. The average molecular weight is 311 g/mol. The molecular formula is C20H25NO2. The third-order valence-corrected chi connectivity index (χ3v) is 3.45. The first-order valence-corrected chi connectivity index (χ1v) is 7.98. The summed E-state index contributed by atoms with van der Waals surface area (Å²) in [7, 11) is 0. The van der Waals surface area contributed by atoms with Crippen molar-refractivity contribution in [3.8, 4) is 0 Å². The smallest absolute Gasteiger partial charge is 0.407 e. The van der Waals surface area contributed by atoms with Crippen LogP contribution in [0.4, 0.5) is 4.79 Å². The van der Waals surface area contributed by atoms with Crippen LogP contribution in [0.15, 0.2) is 42.5 Å². The van der Waals surface area contributed by atoms with Crippen LogP contribution in [0, 0.1) is 6.92 Å². The first-order valence-electron chi connectivity index (χ1n) is 7.98. The summed E-state index contributed by atoms with van der Waals surface area (Å²) in [5.41, 5.74) is 2.02. The van der Waals surface area contributed by atoms with E-state index in [1.165, 1.54) is 21.9 Å². The highest BCUT2D eigenvalue weighted by Gasteiger charge is 2.15. The van der Waals surface area contributed by atoms with Gasteiger partial charge >= 0.3 is 6.09 Å². The minimum absolute atomic E-state index is 0.369. The maximum Gasteiger partial charge on any atom is 0.407 e. The highest BCUT2D eigenvalue weighted by Crippen LogP contribution is 2.23. The molecule has 0 aromatic heterocycles. The van der Waals surface area contributed by atoms with E-state index in [0.29, 0.717) is 6.54 Å². The van der Waals surface area contributed by atoms with E-state index in [1.807, 2.05) is 20.8 Å². The second-order valence-corrected chi connectivity index (χ2v) is 6.64. The van der Waals surface area contributed by atoms with Crippen molar-refractivity contribution in [1.82, 2.24) is 5.32 Å². The minimum atomic E-state index is -0.458. The molecule has 0 aliphatic heterocycles. The molecule has 23 heavy (non-hydrogen) atoms. The molecule has 3 heteroatoms. The Morgan fingerprint density at radius 2 is 1.83 bits per heavy atom. The van der Waals surface area contributed by atoms with E-state index in [0.717, 1.165) is 6.42 Å². The third-order valence-electron chi connectivity index (χ3n) is 3.45. The molecule has 122 valence electrons. The summed E-state index contributed by atoms with van der Waals surface area (Å²) in [6.07, 6.45) is 4.58. The van der Waals surface area contributed by atoms with Gasteiger partial charge in [0.15, 0.2) is 0 Å². The van der Waals surface area contributed by atoms with Crippen molar-refractivity contribution in [2.75, 3.05) is 6.54 Å². The lowest BCUT2D eigenvalue weighted by Gasteiger charge is -2.19. The van der Waals surface area contributed by atoms with Gasteiger partial charge in [-0.05, 0) is 56.0 Å². The number of amides is 1. The van der Waals surface area contributed by atoms with Crippen LogP contribution in [0.25, 0.3) is 16.8 Å². The first-order chi connectivity index (χ1) is 10.9. The van der Waals surface area contributed by atoms with Gasteiger partial charge in [-0.15, -0.1) is 0 Å². The van der Waals surface area contributed by atoms with Gasteiger partial charge in [-0.3, -0.25) is 0 Å². The standard InChI is InChI=1S/C20H25NO2/c1-15-12-13-16(18-11-6-5-10-17(15)18)9-7-8-14-21-19(22)23-20(2,3)4/h5-7,9-13H,8,14H2,1-4H3,(H,21,22). The Balaban J connectivity index is 1.92. The Morgan fingerprint density at radius 3 is 2.52 bits per heavy atom. The molecule has 3 nitrogen and oxygen atoms in total. The molecule has 0 spiro atoms. The van der Waals surface area contributed by atoms with Gasteiger partial charge in [0.25, 0.3) is 0 Å². The van der Waals surface area contributed by atoms with E-state index < -0.39 is 5.60 Å². The number of rotatable bonds is 4. The van der Waals surface area contributed by atoms with Crippen molar-refractivity contribution in [1.29, 1.82) is 0 Å². The molecule has 0 aliphatic carbocycles. The number of nitrogens with one attached hydrogen (secondary N) is 1. The first kappa shape index (κ1) is 17.1. The predicted molar refractivity (Wildman–Crippen MR) is 96.6 cm³/mol. The van der Waals surface area contributed by atoms with Gasteiger partial charge in [-0.25, -0.2) is 4.79 Å². The Bertz CT molecular complexity index is 711. The lowest BCUT2D eigenvalue weighted by atomic mass is 10.00. The Hall–Kier alpha value is -2.29. The zero-order valence-corrected chi connectivity index (χ0v) is 14.3. The number of fused-ring (bicyclic) bond motifs is 1. The van der Waals surface area contributed by atoms with E-state index in [1.54, 1.807) is 0 Å². The summed E-state index contributed by atoms with van der Waals surface area (Å²) in [5, 5.41) is 5.29. The van der Waals surface area contributed by atoms with E-state index in [4.69, 9.17) is 4.74 Å². The molecule has 0 saturated heterocycles. The van der Waals surface area contributed by atoms with Crippen LogP contribution < -0.4 is 5.32 Å². The van der Waals surface area contributed by atoms with Crippen molar-refractivity contribution in [3.05, 3.63) is 53.6 Å². The molecule has 2 aromatic carbocycles. The van der Waals surface area contributed by atoms with Crippen LogP contribution in [0.1, 0.15) is 38.3 Å². The van der Waals surface area contributed by atoms with Crippen LogP contribution in [-0.2, 0) is 4.74 Å². The van der Waals surface area contributed by atoms with E-state index in [9.17, 15) is 4.79 Å². The molecule has 0 unspecified atom stereocenters. The fourth-order valence-electron chi connectivity index (χ4n) is 2.40. The molecule has 0 radical (unpaired) electrons. The number of carbonyl (C=O) groups is 1. The average Bonchev–Trinajstić information content (AvgIpc) is 2.47. The number of alkyl carbamates (subject to hydrolysis) is 1. The molecule has 0 bridgehead atoms. The lowest BCUT2D eigenvalue weighted by molar-refractivity contribution is 0.0529. The second kappa shape index (κ2) is 7.32. The van der Waals surface area contributed by atoms with E-state index in [-0.39, 0.29) is 6.09 Å². The molecule has 0 aliphatic rings. The quantitative estimate of drug-likeness (QED) is 0.800. The molecule has 1 N–H and O–H groups in total. The van der Waals surface area contributed by atoms with Crippen LogP contribution in [0.3, 0.4) is 0 Å². The maximum atomic E-state index is 11.5. The Kier molecular flexibility index (Phi) is 5.43. The van der Waals surface area contributed by atoms with Crippen molar-refractivity contribution in [2.45, 2.75) is 39.7 Å². The number of hydrogen-bond donors (Lipinski definition) is 1. The lowest BCUT2D eigenvalue weighted by Crippen LogP contribution is -2.32. The minimum Gasteiger partial charge on any atom is -0.444 e. The second-order valence-electron chi connectivity index (χ2n) is 6.64. The zero-order valence-electron chi connectivity index (χ0n) is 14.3. The topological polar surface area (TPSA) is 38.3 Å². The largest absolute Gasteiger partial charge is 0.444 e. The summed E-state index contributed by atoms with van der Waals surface area (Å²) in [6.45, 7) is 8.26. The number of aryl methyl sites for hydroxylation is 1. The number of carbonyl (C=O) groups excluding carboxylic acids is 1. The zero-order chi connectivity index (χ0) is 16.9. The summed E-state index contributed by atoms with van der Waals surface area (Å²) >= 11 is 0. The van der Waals surface area contributed by atoms with Crippen LogP contribution >= 0.6 is 0 Å². The Morgan fingerprint density at radius 1 is 1.13 bits per heavy atom. The number of hydrogen-bond acceptors (Lipinski definition) is 2. The summed E-state index contributed by atoms with van der Waals surface area (Å²) in [5.74, 6) is 0. The van der Waals surface area contributed by atoms with Crippen LogP contribution in [0.5, 0.6) is 0 Å². The van der Waals surface area contributed by atoms with Gasteiger partial charge in [-0.1, -0.05) is 48.6 Å². The number of ether oxygens (including phenoxy) is 1. The van der Waals surface area contributed by atoms with Gasteiger partial charge in [0.05, 0.1) is 0 Å². The van der Waals surface area contributed by atoms with Crippen molar-refractivity contribution < 1.29 is 9.53 Å². The summed E-state index contributed by atoms with van der Waals surface area (Å²) in [6, 6.07) is 12.7. The molecular weight excluding hydrogens is 286 g/mol. The van der Waals surface area contributed by atoms with Crippen molar-refractivity contribution >= 4 is 22.9 Å². The molecule has 0 fully saturated rings. The highest BCUT2D eigenvalue weighted by molar-refractivity contribution is 5.92. The fourth-order valence-corrected chi connectivity index (χ4v) is 2.40. The van der Waals surface area contributed by atoms with Gasteiger partial charge in [-0.2, -0.15) is 0 Å². The molecule has 2 rings (SSSR count). The van der Waals surface area contributed by atoms with Gasteiger partial charge in [0.1, 0.15) is 5.60 Å². The monoisotopic (exact) mass is 311 g/mol. The molecule has 0 heterocycles. The Labute approximate surface area is 138 Å². The summed E-state index contributed by atoms with van der Waals surface area (Å²) < 4.78 is 5.20. The highest BCUT2D eigenvalue weighted by atomic mass is 16.6. The SMILES string of the molecule is Cc1ccc(C=CCCNC(=O)OC(C)(C)C)c2ccccc12. The van der Waals surface area contributed by atoms with Gasteiger partial charge < -0.3 is 10.1 Å². The van der Waals surface area contributed by atoms with Gasteiger partial charge in [0, 0.05) is 6.54 Å².